The number of aromatic amines is 1. The fraction of sp³-hybridized carbons (Fsp3) is 0.579. The van der Waals surface area contributed by atoms with E-state index in [0.717, 1.165) is 48.7 Å². The van der Waals surface area contributed by atoms with Crippen molar-refractivity contribution in [1.82, 2.24) is 20.6 Å². The highest BCUT2D eigenvalue weighted by Gasteiger charge is 2.14. The minimum atomic E-state index is 0.590. The van der Waals surface area contributed by atoms with Gasteiger partial charge in [0.2, 0.25) is 0 Å². The monoisotopic (exact) mass is 327 g/mol. The number of aromatic nitrogens is 2. The van der Waals surface area contributed by atoms with Gasteiger partial charge in [0, 0.05) is 25.6 Å². The second-order valence-corrected chi connectivity index (χ2v) is 6.54. The van der Waals surface area contributed by atoms with E-state index >= 15 is 0 Å². The quantitative estimate of drug-likeness (QED) is 0.433. The summed E-state index contributed by atoms with van der Waals surface area (Å²) in [4.78, 5) is 12.7. The number of rotatable bonds is 6. The van der Waals surface area contributed by atoms with Gasteiger partial charge in [-0.1, -0.05) is 31.4 Å². The molecule has 130 valence electrons. The molecule has 0 radical (unpaired) electrons. The first-order valence-electron chi connectivity index (χ1n) is 9.33. The number of hydrogen-bond donors (Lipinski definition) is 3. The van der Waals surface area contributed by atoms with Crippen LogP contribution in [0.25, 0.3) is 11.0 Å². The van der Waals surface area contributed by atoms with E-state index in [4.69, 9.17) is 4.99 Å². The van der Waals surface area contributed by atoms with Crippen LogP contribution in [0.4, 0.5) is 0 Å². The highest BCUT2D eigenvalue weighted by atomic mass is 15.2. The maximum absolute atomic E-state index is 4.73. The van der Waals surface area contributed by atoms with Crippen molar-refractivity contribution in [3.63, 3.8) is 0 Å². The van der Waals surface area contributed by atoms with Crippen LogP contribution < -0.4 is 10.6 Å². The maximum atomic E-state index is 4.73. The first-order valence-corrected chi connectivity index (χ1v) is 9.33. The van der Waals surface area contributed by atoms with Crippen LogP contribution in [0.1, 0.15) is 51.3 Å². The molecule has 1 heterocycles. The third-order valence-electron chi connectivity index (χ3n) is 4.57. The Morgan fingerprint density at radius 1 is 1.25 bits per heavy atom. The lowest BCUT2D eigenvalue weighted by Crippen LogP contribution is -2.44. The van der Waals surface area contributed by atoms with Crippen molar-refractivity contribution in [2.24, 2.45) is 4.99 Å². The molecule has 1 saturated carbocycles. The van der Waals surface area contributed by atoms with Gasteiger partial charge in [0.25, 0.3) is 0 Å². The molecule has 24 heavy (non-hydrogen) atoms. The van der Waals surface area contributed by atoms with Crippen LogP contribution in [-0.2, 0) is 6.42 Å². The molecule has 1 aliphatic rings. The summed E-state index contributed by atoms with van der Waals surface area (Å²) in [5.41, 5.74) is 2.16. The molecule has 0 spiro atoms. The molecule has 1 aromatic heterocycles. The van der Waals surface area contributed by atoms with Gasteiger partial charge in [-0.15, -0.1) is 0 Å². The smallest absolute Gasteiger partial charge is 0.191 e. The minimum absolute atomic E-state index is 0.590. The fourth-order valence-electron chi connectivity index (χ4n) is 3.32. The van der Waals surface area contributed by atoms with E-state index in [9.17, 15) is 0 Å². The number of benzene rings is 1. The molecule has 0 aliphatic heterocycles. The van der Waals surface area contributed by atoms with Gasteiger partial charge in [0.05, 0.1) is 11.0 Å². The predicted octanol–water partition coefficient (Wildman–Crippen LogP) is 3.38. The van der Waals surface area contributed by atoms with Crippen LogP contribution >= 0.6 is 0 Å². The molecular formula is C19H29N5. The van der Waals surface area contributed by atoms with Gasteiger partial charge < -0.3 is 15.6 Å². The largest absolute Gasteiger partial charge is 0.357 e. The predicted molar refractivity (Wildman–Crippen MR) is 100 cm³/mol. The summed E-state index contributed by atoms with van der Waals surface area (Å²) in [5, 5.41) is 6.96. The molecule has 1 aromatic carbocycles. The number of guanidine groups is 1. The molecule has 0 amide bonds. The van der Waals surface area contributed by atoms with E-state index in [1.165, 1.54) is 32.1 Å². The zero-order chi connectivity index (χ0) is 16.6. The number of aryl methyl sites for hydroxylation is 1. The van der Waals surface area contributed by atoms with Gasteiger partial charge in [-0.2, -0.15) is 0 Å². The summed E-state index contributed by atoms with van der Waals surface area (Å²) in [7, 11) is 0. The second-order valence-electron chi connectivity index (χ2n) is 6.54. The molecule has 2 aromatic rings. The normalized spacial score (nSPS) is 16.5. The molecule has 1 fully saturated rings. The number of fused-ring (bicyclic) bond motifs is 1. The number of H-pyrrole nitrogens is 1. The number of hydrogen-bond acceptors (Lipinski definition) is 2. The van der Waals surface area contributed by atoms with Gasteiger partial charge in [0.1, 0.15) is 5.82 Å². The molecule has 0 atom stereocenters. The summed E-state index contributed by atoms with van der Waals surface area (Å²) in [6, 6.07) is 8.77. The average molecular weight is 327 g/mol. The van der Waals surface area contributed by atoms with E-state index < -0.39 is 0 Å². The number of nitrogens with one attached hydrogen (secondary N) is 3. The summed E-state index contributed by atoms with van der Waals surface area (Å²) >= 11 is 0. The molecule has 0 saturated heterocycles. The molecule has 3 N–H and O–H groups in total. The summed E-state index contributed by atoms with van der Waals surface area (Å²) in [6.07, 6.45) is 8.52. The Hall–Kier alpha value is -2.04. The minimum Gasteiger partial charge on any atom is -0.357 e. The maximum Gasteiger partial charge on any atom is 0.191 e. The summed E-state index contributed by atoms with van der Waals surface area (Å²) < 4.78 is 0. The Kier molecular flexibility index (Phi) is 6.10. The average Bonchev–Trinajstić information content (AvgIpc) is 3.02. The highest BCUT2D eigenvalue weighted by molar-refractivity contribution is 5.80. The number of imidazole rings is 1. The van der Waals surface area contributed by atoms with E-state index in [0.29, 0.717) is 6.04 Å². The SMILES string of the molecule is CCNC(=NCCCc1nc2ccccc2[nH]1)NC1CCCCC1. The van der Waals surface area contributed by atoms with Crippen LogP contribution in [0, 0.1) is 0 Å². The van der Waals surface area contributed by atoms with E-state index in [-0.39, 0.29) is 0 Å². The molecule has 0 unspecified atom stereocenters. The van der Waals surface area contributed by atoms with Crippen molar-refractivity contribution in [3.05, 3.63) is 30.1 Å². The lowest BCUT2D eigenvalue weighted by Gasteiger charge is -2.24. The van der Waals surface area contributed by atoms with E-state index in [1.54, 1.807) is 0 Å². The van der Waals surface area contributed by atoms with Crippen LogP contribution in [0.15, 0.2) is 29.3 Å². The fourth-order valence-corrected chi connectivity index (χ4v) is 3.32. The third-order valence-corrected chi connectivity index (χ3v) is 4.57. The van der Waals surface area contributed by atoms with Crippen LogP contribution in [0.3, 0.4) is 0 Å². The van der Waals surface area contributed by atoms with Crippen molar-refractivity contribution < 1.29 is 0 Å². The van der Waals surface area contributed by atoms with Crippen molar-refractivity contribution in [3.8, 4) is 0 Å². The zero-order valence-corrected chi connectivity index (χ0v) is 14.6. The standard InChI is InChI=1S/C19H29N5/c1-2-20-19(22-15-9-4-3-5-10-15)21-14-8-13-18-23-16-11-6-7-12-17(16)24-18/h6-7,11-12,15H,2-5,8-10,13-14H2,1H3,(H,23,24)(H2,20,21,22). The Morgan fingerprint density at radius 3 is 2.88 bits per heavy atom. The Labute approximate surface area is 144 Å². The first kappa shape index (κ1) is 16.8. The molecule has 5 heteroatoms. The third kappa shape index (κ3) is 4.73. The van der Waals surface area contributed by atoms with Gasteiger partial charge in [-0.3, -0.25) is 4.99 Å². The lowest BCUT2D eigenvalue weighted by molar-refractivity contribution is 0.410. The topological polar surface area (TPSA) is 65.1 Å². The van der Waals surface area contributed by atoms with Crippen molar-refractivity contribution in [1.29, 1.82) is 0 Å². The molecular weight excluding hydrogens is 298 g/mol. The van der Waals surface area contributed by atoms with Crippen LogP contribution in [-0.4, -0.2) is 35.1 Å². The number of para-hydroxylation sites is 2. The Morgan fingerprint density at radius 2 is 2.08 bits per heavy atom. The molecule has 3 rings (SSSR count). The second kappa shape index (κ2) is 8.71. The van der Waals surface area contributed by atoms with Crippen molar-refractivity contribution in [2.45, 2.75) is 57.9 Å². The number of aliphatic imine (C=N–C) groups is 1. The van der Waals surface area contributed by atoms with E-state index in [1.807, 2.05) is 18.2 Å². The van der Waals surface area contributed by atoms with E-state index in [2.05, 4.69) is 33.6 Å². The summed E-state index contributed by atoms with van der Waals surface area (Å²) in [5.74, 6) is 2.02. The van der Waals surface area contributed by atoms with Gasteiger partial charge in [0.15, 0.2) is 5.96 Å². The van der Waals surface area contributed by atoms with Gasteiger partial charge in [-0.05, 0) is 38.3 Å². The first-order chi connectivity index (χ1) is 11.8. The summed E-state index contributed by atoms with van der Waals surface area (Å²) in [6.45, 7) is 3.84. The zero-order valence-electron chi connectivity index (χ0n) is 14.6. The van der Waals surface area contributed by atoms with Crippen LogP contribution in [0.2, 0.25) is 0 Å². The van der Waals surface area contributed by atoms with Gasteiger partial charge in [-0.25, -0.2) is 4.98 Å². The molecule has 1 aliphatic carbocycles. The number of nitrogens with zero attached hydrogens (tertiary/aromatic N) is 2. The van der Waals surface area contributed by atoms with Crippen molar-refractivity contribution in [2.75, 3.05) is 13.1 Å². The lowest BCUT2D eigenvalue weighted by atomic mass is 9.96. The Bertz CT molecular complexity index is 622. The van der Waals surface area contributed by atoms with Crippen molar-refractivity contribution >= 4 is 17.0 Å². The molecule has 5 nitrogen and oxygen atoms in total. The van der Waals surface area contributed by atoms with Gasteiger partial charge >= 0.3 is 0 Å². The van der Waals surface area contributed by atoms with Crippen LogP contribution in [0.5, 0.6) is 0 Å². The molecule has 0 bridgehead atoms. The Balaban J connectivity index is 1.48. The highest BCUT2D eigenvalue weighted by Crippen LogP contribution is 2.17.